The van der Waals surface area contributed by atoms with Crippen LogP contribution in [0.4, 0.5) is 0 Å². The standard InChI is InChI=1S/C65H123N2O7P/c1-7-10-13-16-19-22-25-27-28-29-30-31-32-33-34-35-36-37-38-40-42-45-48-51-54-57-64(68)66-62(61-73-75(70,71)72-60-59-67(4,5)6)63(56-53-50-47-44-41-24-21-18-15-12-9-3)74-65(69)58-55-52-49-46-43-39-26-23-20-17-14-11-8-2/h19,22,27-28,30-31,53,56,62-63H,7-18,20-21,23-26,29,32-52,54-55,57-61H2,1-6H3,(H-,66,68,70,71)/p+1/b22-19-,28-27-,31-30-,56-53-. The van der Waals surface area contributed by atoms with Gasteiger partial charge in [0, 0.05) is 12.8 Å². The topological polar surface area (TPSA) is 111 Å². The second-order valence-corrected chi connectivity index (χ2v) is 24.4. The van der Waals surface area contributed by atoms with Crippen LogP contribution in [0.5, 0.6) is 0 Å². The molecule has 0 bridgehead atoms. The summed E-state index contributed by atoms with van der Waals surface area (Å²) in [5.41, 5.74) is 0. The predicted molar refractivity (Wildman–Crippen MR) is 323 cm³/mol. The first-order valence-electron chi connectivity index (χ1n) is 32.0. The van der Waals surface area contributed by atoms with E-state index in [1.807, 2.05) is 33.3 Å². The Morgan fingerprint density at radius 3 is 1.24 bits per heavy atom. The molecule has 75 heavy (non-hydrogen) atoms. The van der Waals surface area contributed by atoms with Gasteiger partial charge < -0.3 is 19.4 Å². The van der Waals surface area contributed by atoms with Crippen LogP contribution in [-0.2, 0) is 27.9 Å². The summed E-state index contributed by atoms with van der Waals surface area (Å²) in [6.45, 7) is 7.00. The number of allylic oxidation sites excluding steroid dienone is 7. The summed E-state index contributed by atoms with van der Waals surface area (Å²) in [4.78, 5) is 37.7. The molecule has 3 atom stereocenters. The van der Waals surface area contributed by atoms with Crippen LogP contribution in [0.15, 0.2) is 48.6 Å². The summed E-state index contributed by atoms with van der Waals surface area (Å²) < 4.78 is 30.7. The van der Waals surface area contributed by atoms with Crippen molar-refractivity contribution in [1.82, 2.24) is 5.32 Å². The molecule has 1 amide bonds. The Balaban J connectivity index is 5.05. The van der Waals surface area contributed by atoms with Gasteiger partial charge in [-0.1, -0.05) is 269 Å². The average Bonchev–Trinajstić information content (AvgIpc) is 3.37. The maximum Gasteiger partial charge on any atom is 0.472 e. The minimum atomic E-state index is -4.44. The van der Waals surface area contributed by atoms with Gasteiger partial charge in [-0.2, -0.15) is 0 Å². The zero-order chi connectivity index (χ0) is 55.0. The molecule has 3 unspecified atom stereocenters. The molecule has 9 nitrogen and oxygen atoms in total. The number of nitrogens with zero attached hydrogens (tertiary/aromatic N) is 1. The lowest BCUT2D eigenvalue weighted by molar-refractivity contribution is -0.870. The number of rotatable bonds is 58. The number of esters is 1. The van der Waals surface area contributed by atoms with E-state index in [0.29, 0.717) is 23.9 Å². The van der Waals surface area contributed by atoms with E-state index in [1.54, 1.807) is 0 Å². The number of carbonyl (C=O) groups excluding carboxylic acids is 2. The van der Waals surface area contributed by atoms with E-state index in [2.05, 4.69) is 62.5 Å². The Morgan fingerprint density at radius 1 is 0.467 bits per heavy atom. The maximum absolute atomic E-state index is 13.5. The molecular formula is C65H124N2O7P+. The van der Waals surface area contributed by atoms with Crippen molar-refractivity contribution in [3.63, 3.8) is 0 Å². The molecule has 0 aromatic heterocycles. The second-order valence-electron chi connectivity index (χ2n) is 22.9. The van der Waals surface area contributed by atoms with Crippen LogP contribution in [0.1, 0.15) is 303 Å². The van der Waals surface area contributed by atoms with Crippen LogP contribution in [0.2, 0.25) is 0 Å². The van der Waals surface area contributed by atoms with Gasteiger partial charge in [-0.25, -0.2) is 4.57 Å². The second kappa shape index (κ2) is 55.3. The van der Waals surface area contributed by atoms with Gasteiger partial charge in [0.1, 0.15) is 19.3 Å². The first kappa shape index (κ1) is 73.0. The number of ether oxygens (including phenoxy) is 1. The van der Waals surface area contributed by atoms with E-state index >= 15 is 0 Å². The van der Waals surface area contributed by atoms with Crippen LogP contribution in [0.3, 0.4) is 0 Å². The molecule has 0 aliphatic carbocycles. The van der Waals surface area contributed by atoms with Gasteiger partial charge in [-0.05, 0) is 70.3 Å². The summed E-state index contributed by atoms with van der Waals surface area (Å²) >= 11 is 0. The van der Waals surface area contributed by atoms with Gasteiger partial charge in [-0.3, -0.25) is 18.6 Å². The fraction of sp³-hybridized carbons (Fsp3) is 0.846. The smallest absolute Gasteiger partial charge is 0.456 e. The number of amides is 1. The van der Waals surface area contributed by atoms with Crippen molar-refractivity contribution in [2.24, 2.45) is 0 Å². The van der Waals surface area contributed by atoms with Crippen molar-refractivity contribution in [3.05, 3.63) is 48.6 Å². The van der Waals surface area contributed by atoms with E-state index in [1.165, 1.54) is 199 Å². The molecule has 0 rings (SSSR count). The molecule has 0 saturated heterocycles. The highest BCUT2D eigenvalue weighted by molar-refractivity contribution is 7.47. The van der Waals surface area contributed by atoms with Gasteiger partial charge in [0.05, 0.1) is 33.8 Å². The summed E-state index contributed by atoms with van der Waals surface area (Å²) in [5, 5.41) is 3.06. The summed E-state index contributed by atoms with van der Waals surface area (Å²) in [6, 6.07) is -0.846. The molecule has 0 aromatic rings. The monoisotopic (exact) mass is 1080 g/mol. The van der Waals surface area contributed by atoms with Crippen LogP contribution in [0.25, 0.3) is 0 Å². The summed E-state index contributed by atoms with van der Waals surface area (Å²) in [7, 11) is 1.50. The van der Waals surface area contributed by atoms with Crippen molar-refractivity contribution in [2.45, 2.75) is 315 Å². The molecule has 0 radical (unpaired) electrons. The van der Waals surface area contributed by atoms with E-state index in [-0.39, 0.29) is 25.1 Å². The Hall–Kier alpha value is -2.03. The van der Waals surface area contributed by atoms with Crippen LogP contribution in [-0.4, -0.2) is 74.3 Å². The maximum atomic E-state index is 13.5. The third-order valence-electron chi connectivity index (χ3n) is 14.3. The number of phosphoric ester groups is 1. The number of phosphoric acid groups is 1. The lowest BCUT2D eigenvalue weighted by Gasteiger charge is -2.27. The predicted octanol–water partition coefficient (Wildman–Crippen LogP) is 19.7. The normalized spacial score (nSPS) is 14.0. The molecule has 0 aromatic carbocycles. The molecule has 0 heterocycles. The zero-order valence-corrected chi connectivity index (χ0v) is 51.2. The Morgan fingerprint density at radius 2 is 0.813 bits per heavy atom. The van der Waals surface area contributed by atoms with Gasteiger partial charge >= 0.3 is 13.8 Å². The Bertz CT molecular complexity index is 1420. The zero-order valence-electron chi connectivity index (χ0n) is 50.3. The molecule has 0 aliphatic rings. The van der Waals surface area contributed by atoms with Crippen molar-refractivity contribution >= 4 is 19.7 Å². The Kier molecular flexibility index (Phi) is 53.8. The number of nitrogens with one attached hydrogen (secondary N) is 1. The molecule has 0 fully saturated rings. The minimum absolute atomic E-state index is 0.0413. The fourth-order valence-corrected chi connectivity index (χ4v) is 10.0. The molecule has 0 saturated carbocycles. The largest absolute Gasteiger partial charge is 0.472 e. The lowest BCUT2D eigenvalue weighted by atomic mass is 10.0. The molecule has 0 aliphatic heterocycles. The lowest BCUT2D eigenvalue weighted by Crippen LogP contribution is -2.47. The number of carbonyl (C=O) groups is 2. The molecule has 10 heteroatoms. The van der Waals surface area contributed by atoms with Gasteiger partial charge in [-0.15, -0.1) is 0 Å². The highest BCUT2D eigenvalue weighted by Crippen LogP contribution is 2.43. The van der Waals surface area contributed by atoms with Crippen LogP contribution < -0.4 is 5.32 Å². The number of hydrogen-bond acceptors (Lipinski definition) is 6. The van der Waals surface area contributed by atoms with E-state index in [9.17, 15) is 19.0 Å². The van der Waals surface area contributed by atoms with Crippen molar-refractivity contribution in [2.75, 3.05) is 40.9 Å². The van der Waals surface area contributed by atoms with E-state index in [4.69, 9.17) is 13.8 Å². The fourth-order valence-electron chi connectivity index (χ4n) is 9.30. The summed E-state index contributed by atoms with van der Waals surface area (Å²) in [5.74, 6) is -0.497. The summed E-state index contributed by atoms with van der Waals surface area (Å²) in [6.07, 6.45) is 68.2. The number of quaternary nitrogens is 1. The molecule has 440 valence electrons. The number of unbranched alkanes of at least 4 members (excludes halogenated alkanes) is 36. The Labute approximate surface area is 465 Å². The van der Waals surface area contributed by atoms with Gasteiger partial charge in [0.2, 0.25) is 5.91 Å². The number of hydrogen-bond donors (Lipinski definition) is 2. The van der Waals surface area contributed by atoms with E-state index < -0.39 is 20.0 Å². The SMILES string of the molecule is CCCCC/C=C\C/C=C\C/C=C\CCCCCCCCCCCCCCC(=O)NC(COP(=O)(O)OCC[N+](C)(C)C)C(/C=C\CCCCCCCCCCC)OC(=O)CCCCCCCCCCCCCCC. The molecule has 2 N–H and O–H groups in total. The first-order chi connectivity index (χ1) is 36.4. The average molecular weight is 1080 g/mol. The third kappa shape index (κ3) is 56.5. The molecular weight excluding hydrogens is 952 g/mol. The van der Waals surface area contributed by atoms with Crippen LogP contribution >= 0.6 is 7.82 Å². The van der Waals surface area contributed by atoms with Gasteiger partial charge in [0.15, 0.2) is 0 Å². The quantitative estimate of drug-likeness (QED) is 0.0205. The molecule has 0 spiro atoms. The van der Waals surface area contributed by atoms with Crippen molar-refractivity contribution in [1.29, 1.82) is 0 Å². The van der Waals surface area contributed by atoms with E-state index in [0.717, 1.165) is 70.6 Å². The van der Waals surface area contributed by atoms with Crippen molar-refractivity contribution < 1.29 is 37.3 Å². The van der Waals surface area contributed by atoms with Crippen molar-refractivity contribution in [3.8, 4) is 0 Å². The highest BCUT2D eigenvalue weighted by Gasteiger charge is 2.30. The highest BCUT2D eigenvalue weighted by atomic mass is 31.2. The first-order valence-corrected chi connectivity index (χ1v) is 33.5. The third-order valence-corrected chi connectivity index (χ3v) is 15.3. The van der Waals surface area contributed by atoms with Gasteiger partial charge in [0.25, 0.3) is 0 Å². The van der Waals surface area contributed by atoms with Crippen LogP contribution in [0, 0.1) is 0 Å². The number of likely N-dealkylation sites (N-methyl/N-ethyl adjacent to an activating group) is 1. The minimum Gasteiger partial charge on any atom is -0.456 e.